The topological polar surface area (TPSA) is 55.4 Å². The average molecular weight is 271 g/mol. The van der Waals surface area contributed by atoms with E-state index in [1.54, 1.807) is 0 Å². The molecule has 1 aliphatic heterocycles. The summed E-state index contributed by atoms with van der Waals surface area (Å²) in [4.78, 5) is 24.0. The molecule has 1 aromatic carbocycles. The molecule has 0 bridgehead atoms. The summed E-state index contributed by atoms with van der Waals surface area (Å²) in [5, 5.41) is 2.46. The normalized spacial score (nSPS) is 28.1. The number of allylic oxidation sites excluding steroid dienone is 1. The minimum Gasteiger partial charge on any atom is -0.494 e. The molecule has 1 N–H and O–H groups in total. The van der Waals surface area contributed by atoms with E-state index in [-0.39, 0.29) is 17.7 Å². The van der Waals surface area contributed by atoms with Crippen LogP contribution in [-0.2, 0) is 9.59 Å². The van der Waals surface area contributed by atoms with E-state index >= 15 is 0 Å². The fourth-order valence-corrected chi connectivity index (χ4v) is 3.07. The van der Waals surface area contributed by atoms with Gasteiger partial charge in [0, 0.05) is 6.42 Å². The van der Waals surface area contributed by atoms with Crippen molar-refractivity contribution >= 4 is 11.8 Å². The third kappa shape index (κ3) is 2.11. The molecule has 4 heteroatoms. The first-order chi connectivity index (χ1) is 9.72. The van der Waals surface area contributed by atoms with E-state index in [1.165, 1.54) is 0 Å². The highest BCUT2D eigenvalue weighted by atomic mass is 16.5. The van der Waals surface area contributed by atoms with E-state index in [0.717, 1.165) is 18.6 Å². The molecular weight excluding hydrogens is 254 g/mol. The lowest BCUT2D eigenvalue weighted by Gasteiger charge is -2.30. The Bertz CT molecular complexity index is 552. The molecule has 1 saturated heterocycles. The zero-order chi connectivity index (χ0) is 14.0. The van der Waals surface area contributed by atoms with Crippen LogP contribution in [0.25, 0.3) is 0 Å². The van der Waals surface area contributed by atoms with E-state index in [0.29, 0.717) is 13.0 Å². The van der Waals surface area contributed by atoms with Crippen molar-refractivity contribution in [3.05, 3.63) is 42.5 Å². The number of nitrogens with one attached hydrogen (secondary N) is 1. The first kappa shape index (κ1) is 12.9. The maximum Gasteiger partial charge on any atom is 0.237 e. The molecule has 0 radical (unpaired) electrons. The molecule has 2 atom stereocenters. The maximum absolute atomic E-state index is 12.1. The van der Waals surface area contributed by atoms with Crippen molar-refractivity contribution in [2.45, 2.75) is 19.3 Å². The van der Waals surface area contributed by atoms with E-state index in [4.69, 9.17) is 4.74 Å². The molecule has 1 heterocycles. The Morgan fingerprint density at radius 3 is 2.85 bits per heavy atom. The summed E-state index contributed by atoms with van der Waals surface area (Å²) < 4.78 is 5.67. The second kappa shape index (κ2) is 5.12. The van der Waals surface area contributed by atoms with Gasteiger partial charge in [-0.1, -0.05) is 30.4 Å². The number of benzene rings is 1. The van der Waals surface area contributed by atoms with Crippen LogP contribution < -0.4 is 10.1 Å². The zero-order valence-corrected chi connectivity index (χ0v) is 11.2. The molecule has 0 aromatic heterocycles. The molecule has 2 aliphatic rings. The molecular formula is C16H17NO3. The monoisotopic (exact) mass is 271 g/mol. The number of imide groups is 1. The number of fused-ring (bicyclic) bond motifs is 1. The Morgan fingerprint density at radius 1 is 1.25 bits per heavy atom. The number of hydrogen-bond acceptors (Lipinski definition) is 3. The van der Waals surface area contributed by atoms with Crippen LogP contribution in [0.1, 0.15) is 19.3 Å². The Hall–Kier alpha value is -2.10. The number of hydrogen-bond donors (Lipinski definition) is 1. The molecule has 1 fully saturated rings. The summed E-state index contributed by atoms with van der Waals surface area (Å²) in [5.74, 6) is 0.225. The number of ether oxygens (including phenoxy) is 1. The molecule has 0 saturated carbocycles. The molecule has 104 valence electrons. The number of rotatable bonds is 4. The van der Waals surface area contributed by atoms with Gasteiger partial charge >= 0.3 is 0 Å². The summed E-state index contributed by atoms with van der Waals surface area (Å²) in [7, 11) is 0. The Labute approximate surface area is 117 Å². The fraction of sp³-hybridized carbons (Fsp3) is 0.375. The van der Waals surface area contributed by atoms with E-state index in [2.05, 4.69) is 5.32 Å². The highest BCUT2D eigenvalue weighted by Crippen LogP contribution is 2.43. The van der Waals surface area contributed by atoms with Crippen LogP contribution in [0.15, 0.2) is 42.5 Å². The van der Waals surface area contributed by atoms with Gasteiger partial charge in [0.05, 0.1) is 17.9 Å². The smallest absolute Gasteiger partial charge is 0.237 e. The highest BCUT2D eigenvalue weighted by molar-refractivity contribution is 6.08. The minimum absolute atomic E-state index is 0.140. The van der Waals surface area contributed by atoms with Crippen LogP contribution in [0.3, 0.4) is 0 Å². The largest absolute Gasteiger partial charge is 0.494 e. The molecule has 1 aliphatic carbocycles. The van der Waals surface area contributed by atoms with E-state index in [1.807, 2.05) is 42.5 Å². The van der Waals surface area contributed by atoms with Gasteiger partial charge in [-0.2, -0.15) is 0 Å². The third-order valence-electron chi connectivity index (χ3n) is 4.16. The lowest BCUT2D eigenvalue weighted by Crippen LogP contribution is -2.36. The third-order valence-corrected chi connectivity index (χ3v) is 4.16. The van der Waals surface area contributed by atoms with E-state index < -0.39 is 5.41 Å². The Kier molecular flexibility index (Phi) is 3.30. The van der Waals surface area contributed by atoms with Crippen molar-refractivity contribution in [3.63, 3.8) is 0 Å². The van der Waals surface area contributed by atoms with Gasteiger partial charge in [0.15, 0.2) is 0 Å². The SMILES string of the molecule is O=C1NC(=O)C2(CCOc3ccccc3)C=CCCC12. The van der Waals surface area contributed by atoms with Crippen molar-refractivity contribution in [1.29, 1.82) is 0 Å². The molecule has 0 spiro atoms. The Balaban J connectivity index is 1.71. The van der Waals surface area contributed by atoms with Gasteiger partial charge in [-0.15, -0.1) is 0 Å². The second-order valence-electron chi connectivity index (χ2n) is 5.30. The summed E-state index contributed by atoms with van der Waals surface area (Å²) in [6.45, 7) is 0.422. The molecule has 4 nitrogen and oxygen atoms in total. The molecule has 3 rings (SSSR count). The zero-order valence-electron chi connectivity index (χ0n) is 11.2. The number of para-hydroxylation sites is 1. The van der Waals surface area contributed by atoms with Gasteiger partial charge in [-0.25, -0.2) is 0 Å². The standard InChI is InChI=1S/C16H17NO3/c18-14-13-8-4-5-9-16(13,15(19)17-14)10-11-20-12-6-2-1-3-7-12/h1-3,5-7,9,13H,4,8,10-11H2,(H,17,18,19). The van der Waals surface area contributed by atoms with Crippen LogP contribution >= 0.6 is 0 Å². The Morgan fingerprint density at radius 2 is 2.05 bits per heavy atom. The number of amides is 2. The van der Waals surface area contributed by atoms with Crippen LogP contribution in [0.2, 0.25) is 0 Å². The quantitative estimate of drug-likeness (QED) is 0.673. The highest BCUT2D eigenvalue weighted by Gasteiger charge is 2.53. The van der Waals surface area contributed by atoms with Gasteiger partial charge in [0.2, 0.25) is 11.8 Å². The lowest BCUT2D eigenvalue weighted by atomic mass is 9.70. The summed E-state index contributed by atoms with van der Waals surface area (Å²) in [6.07, 6.45) is 6.01. The maximum atomic E-state index is 12.1. The van der Waals surface area contributed by atoms with E-state index in [9.17, 15) is 9.59 Å². The van der Waals surface area contributed by atoms with Gasteiger partial charge < -0.3 is 4.74 Å². The van der Waals surface area contributed by atoms with Crippen LogP contribution in [0.4, 0.5) is 0 Å². The van der Waals surface area contributed by atoms with Crippen molar-refractivity contribution in [2.24, 2.45) is 11.3 Å². The van der Waals surface area contributed by atoms with Crippen LogP contribution in [0.5, 0.6) is 5.75 Å². The first-order valence-electron chi connectivity index (χ1n) is 6.93. The minimum atomic E-state index is -0.704. The molecule has 2 unspecified atom stereocenters. The predicted octanol–water partition coefficient (Wildman–Crippen LogP) is 2.06. The predicted molar refractivity (Wildman–Crippen MR) is 74.0 cm³/mol. The van der Waals surface area contributed by atoms with Gasteiger partial charge in [-0.3, -0.25) is 14.9 Å². The average Bonchev–Trinajstić information content (AvgIpc) is 2.72. The summed E-state index contributed by atoms with van der Waals surface area (Å²) >= 11 is 0. The summed E-state index contributed by atoms with van der Waals surface area (Å²) in [5.41, 5.74) is -0.704. The van der Waals surface area contributed by atoms with Gasteiger partial charge in [0.25, 0.3) is 0 Å². The van der Waals surface area contributed by atoms with Crippen LogP contribution in [0, 0.1) is 11.3 Å². The molecule has 1 aromatic rings. The molecule has 20 heavy (non-hydrogen) atoms. The summed E-state index contributed by atoms with van der Waals surface area (Å²) in [6, 6.07) is 9.50. The van der Waals surface area contributed by atoms with Crippen molar-refractivity contribution in [2.75, 3.05) is 6.61 Å². The second-order valence-corrected chi connectivity index (χ2v) is 5.30. The van der Waals surface area contributed by atoms with Gasteiger partial charge in [-0.05, 0) is 25.0 Å². The first-order valence-corrected chi connectivity index (χ1v) is 6.93. The molecule has 2 amide bonds. The van der Waals surface area contributed by atoms with Crippen molar-refractivity contribution in [1.82, 2.24) is 5.32 Å². The van der Waals surface area contributed by atoms with Gasteiger partial charge in [0.1, 0.15) is 5.75 Å². The van der Waals surface area contributed by atoms with Crippen molar-refractivity contribution < 1.29 is 14.3 Å². The van der Waals surface area contributed by atoms with Crippen LogP contribution in [-0.4, -0.2) is 18.4 Å². The number of carbonyl (C=O) groups excluding carboxylic acids is 2. The lowest BCUT2D eigenvalue weighted by molar-refractivity contribution is -0.127. The number of carbonyl (C=O) groups is 2. The fourth-order valence-electron chi connectivity index (χ4n) is 3.07. The van der Waals surface area contributed by atoms with Crippen molar-refractivity contribution in [3.8, 4) is 5.75 Å².